The normalized spacial score (nSPS) is 16.3. The average molecular weight is 368 g/mol. The van der Waals surface area contributed by atoms with Crippen LogP contribution in [0.1, 0.15) is 47.5 Å². The molecule has 0 fully saturated rings. The molecule has 4 rings (SSSR count). The Hall–Kier alpha value is -2.59. The van der Waals surface area contributed by atoms with Gasteiger partial charge in [0.1, 0.15) is 5.58 Å². The van der Waals surface area contributed by atoms with Gasteiger partial charge in [-0.25, -0.2) is 0 Å². The lowest BCUT2D eigenvalue weighted by atomic mass is 9.98. The van der Waals surface area contributed by atoms with Crippen LogP contribution in [0, 0.1) is 0 Å². The maximum Gasteiger partial charge on any atom is 0.290 e. The largest absolute Gasteiger partial charge is 0.450 e. The summed E-state index contributed by atoms with van der Waals surface area (Å²) in [4.78, 5) is 27.9. The summed E-state index contributed by atoms with van der Waals surface area (Å²) in [6, 6.07) is 13.9. The molecule has 1 aliphatic heterocycles. The number of carbonyl (C=O) groups is 1. The molecule has 3 aromatic rings. The van der Waals surface area contributed by atoms with Gasteiger partial charge in [-0.1, -0.05) is 49.2 Å². The molecule has 26 heavy (non-hydrogen) atoms. The molecule has 2 heterocycles. The van der Waals surface area contributed by atoms with E-state index in [2.05, 4.69) is 6.92 Å². The van der Waals surface area contributed by atoms with E-state index in [9.17, 15) is 9.59 Å². The Morgan fingerprint density at radius 1 is 1.12 bits per heavy atom. The van der Waals surface area contributed by atoms with Gasteiger partial charge in [0.15, 0.2) is 5.43 Å². The molecule has 5 heteroatoms. The second kappa shape index (κ2) is 6.61. The van der Waals surface area contributed by atoms with Crippen LogP contribution in [0.2, 0.25) is 5.02 Å². The topological polar surface area (TPSA) is 50.5 Å². The molecule has 0 saturated carbocycles. The molecule has 1 aliphatic rings. The Kier molecular flexibility index (Phi) is 4.29. The third kappa shape index (κ3) is 2.61. The maximum atomic E-state index is 13.2. The van der Waals surface area contributed by atoms with Crippen LogP contribution in [0.4, 0.5) is 0 Å². The summed E-state index contributed by atoms with van der Waals surface area (Å²) in [6.07, 6.45) is 1.80. The first kappa shape index (κ1) is 16.9. The Balaban J connectivity index is 1.97. The van der Waals surface area contributed by atoms with Crippen LogP contribution in [-0.2, 0) is 0 Å². The number of carbonyl (C=O) groups excluding carboxylic acids is 1. The van der Waals surface area contributed by atoms with Gasteiger partial charge in [-0.05, 0) is 36.2 Å². The zero-order valence-electron chi connectivity index (χ0n) is 14.4. The highest BCUT2D eigenvalue weighted by atomic mass is 35.5. The van der Waals surface area contributed by atoms with Crippen molar-refractivity contribution in [1.29, 1.82) is 0 Å². The molecule has 0 N–H and O–H groups in total. The van der Waals surface area contributed by atoms with Gasteiger partial charge >= 0.3 is 0 Å². The van der Waals surface area contributed by atoms with Crippen LogP contribution in [0.25, 0.3) is 11.0 Å². The van der Waals surface area contributed by atoms with E-state index in [1.165, 1.54) is 0 Å². The molecule has 4 nitrogen and oxygen atoms in total. The zero-order valence-corrected chi connectivity index (χ0v) is 15.1. The number of amides is 1. The second-order valence-corrected chi connectivity index (χ2v) is 6.92. The molecule has 1 aromatic heterocycles. The van der Waals surface area contributed by atoms with Crippen LogP contribution >= 0.6 is 11.6 Å². The van der Waals surface area contributed by atoms with Crippen molar-refractivity contribution in [3.8, 4) is 0 Å². The Morgan fingerprint density at radius 3 is 2.69 bits per heavy atom. The fourth-order valence-corrected chi connectivity index (χ4v) is 3.75. The highest BCUT2D eigenvalue weighted by molar-refractivity contribution is 6.30. The molecule has 1 atom stereocenters. The summed E-state index contributed by atoms with van der Waals surface area (Å²) in [5, 5.41) is 1.06. The standard InChI is InChI=1S/C21H18ClNO3/c1-2-3-11-23-18(13-7-6-8-14(22)12-13)17-19(24)15-9-4-5-10-16(15)26-20(17)21(23)25/h4-10,12,18H,2-3,11H2,1H3/t18-/m0/s1. The van der Waals surface area contributed by atoms with Crippen molar-refractivity contribution in [2.75, 3.05) is 6.54 Å². The van der Waals surface area contributed by atoms with Gasteiger partial charge in [-0.2, -0.15) is 0 Å². The van der Waals surface area contributed by atoms with Crippen molar-refractivity contribution in [2.24, 2.45) is 0 Å². The number of benzene rings is 2. The first-order valence-corrected chi connectivity index (χ1v) is 9.11. The van der Waals surface area contributed by atoms with Gasteiger partial charge < -0.3 is 9.32 Å². The summed E-state index contributed by atoms with van der Waals surface area (Å²) in [5.74, 6) is -0.0870. The lowest BCUT2D eigenvalue weighted by Crippen LogP contribution is -2.30. The third-order valence-electron chi connectivity index (χ3n) is 4.79. The van der Waals surface area contributed by atoms with Gasteiger partial charge in [0.05, 0.1) is 17.0 Å². The smallest absolute Gasteiger partial charge is 0.290 e. The van der Waals surface area contributed by atoms with Crippen LogP contribution in [0.5, 0.6) is 0 Å². The van der Waals surface area contributed by atoms with Crippen molar-refractivity contribution in [3.63, 3.8) is 0 Å². The predicted octanol–water partition coefficient (Wildman–Crippen LogP) is 4.79. The lowest BCUT2D eigenvalue weighted by Gasteiger charge is -2.25. The van der Waals surface area contributed by atoms with Crippen molar-refractivity contribution >= 4 is 28.5 Å². The first-order valence-electron chi connectivity index (χ1n) is 8.74. The number of fused-ring (bicyclic) bond motifs is 2. The lowest BCUT2D eigenvalue weighted by molar-refractivity contribution is 0.0725. The van der Waals surface area contributed by atoms with E-state index in [1.54, 1.807) is 35.2 Å². The molecule has 0 unspecified atom stereocenters. The molecular formula is C21H18ClNO3. The molecule has 0 spiro atoms. The first-order chi connectivity index (χ1) is 12.6. The fourth-order valence-electron chi connectivity index (χ4n) is 3.55. The summed E-state index contributed by atoms with van der Waals surface area (Å²) < 4.78 is 5.87. The minimum absolute atomic E-state index is 0.148. The number of unbranched alkanes of at least 4 members (excludes halogenated alkanes) is 1. The van der Waals surface area contributed by atoms with Crippen molar-refractivity contribution in [3.05, 3.63) is 80.7 Å². The fraction of sp³-hybridized carbons (Fsp3) is 0.238. The monoisotopic (exact) mass is 367 g/mol. The van der Waals surface area contributed by atoms with E-state index < -0.39 is 6.04 Å². The Morgan fingerprint density at radius 2 is 1.92 bits per heavy atom. The minimum atomic E-state index is -0.469. The number of halogens is 1. The van der Waals surface area contributed by atoms with E-state index in [-0.39, 0.29) is 17.1 Å². The molecule has 1 amide bonds. The molecule has 0 bridgehead atoms. The quantitative estimate of drug-likeness (QED) is 0.666. The molecule has 0 saturated heterocycles. The van der Waals surface area contributed by atoms with Crippen LogP contribution in [0.15, 0.2) is 57.7 Å². The van der Waals surface area contributed by atoms with Crippen molar-refractivity contribution < 1.29 is 9.21 Å². The van der Waals surface area contributed by atoms with E-state index >= 15 is 0 Å². The molecule has 0 radical (unpaired) electrons. The van der Waals surface area contributed by atoms with Crippen molar-refractivity contribution in [1.82, 2.24) is 4.90 Å². The van der Waals surface area contributed by atoms with E-state index in [0.29, 0.717) is 28.1 Å². The molecule has 2 aromatic carbocycles. The average Bonchev–Trinajstić information content (AvgIpc) is 2.93. The van der Waals surface area contributed by atoms with Gasteiger partial charge in [0.2, 0.25) is 5.76 Å². The van der Waals surface area contributed by atoms with Gasteiger partial charge in [-0.15, -0.1) is 0 Å². The Bertz CT molecular complexity index is 1060. The molecule has 132 valence electrons. The van der Waals surface area contributed by atoms with E-state index in [0.717, 1.165) is 18.4 Å². The van der Waals surface area contributed by atoms with Crippen LogP contribution in [0.3, 0.4) is 0 Å². The zero-order chi connectivity index (χ0) is 18.3. The second-order valence-electron chi connectivity index (χ2n) is 6.48. The van der Waals surface area contributed by atoms with E-state index in [1.807, 2.05) is 18.2 Å². The highest BCUT2D eigenvalue weighted by Gasteiger charge is 2.42. The number of hydrogen-bond donors (Lipinski definition) is 0. The van der Waals surface area contributed by atoms with Crippen molar-refractivity contribution in [2.45, 2.75) is 25.8 Å². The Labute approximate surface area is 156 Å². The van der Waals surface area contributed by atoms with Gasteiger partial charge in [-0.3, -0.25) is 9.59 Å². The molecular weight excluding hydrogens is 350 g/mol. The number of hydrogen-bond acceptors (Lipinski definition) is 3. The third-order valence-corrected chi connectivity index (χ3v) is 5.03. The van der Waals surface area contributed by atoms with Gasteiger partial charge in [0.25, 0.3) is 5.91 Å². The predicted molar refractivity (Wildman–Crippen MR) is 102 cm³/mol. The minimum Gasteiger partial charge on any atom is -0.450 e. The summed E-state index contributed by atoms with van der Waals surface area (Å²) >= 11 is 6.17. The summed E-state index contributed by atoms with van der Waals surface area (Å²) in [6.45, 7) is 2.63. The van der Waals surface area contributed by atoms with Crippen LogP contribution < -0.4 is 5.43 Å². The number of rotatable bonds is 4. The maximum absolute atomic E-state index is 13.2. The van der Waals surface area contributed by atoms with E-state index in [4.69, 9.17) is 16.0 Å². The number of nitrogens with zero attached hydrogens (tertiary/aromatic N) is 1. The van der Waals surface area contributed by atoms with Gasteiger partial charge in [0, 0.05) is 11.6 Å². The number of para-hydroxylation sites is 1. The summed E-state index contributed by atoms with van der Waals surface area (Å²) in [5.41, 5.74) is 1.52. The molecule has 0 aliphatic carbocycles. The highest BCUT2D eigenvalue weighted by Crippen LogP contribution is 2.38. The van der Waals surface area contributed by atoms with Crippen LogP contribution in [-0.4, -0.2) is 17.4 Å². The summed E-state index contributed by atoms with van der Waals surface area (Å²) in [7, 11) is 0. The SMILES string of the molecule is CCCCN1C(=O)c2oc3ccccc3c(=O)c2[C@@H]1c1cccc(Cl)c1.